The van der Waals surface area contributed by atoms with Crippen LogP contribution in [-0.2, 0) is 0 Å². The van der Waals surface area contributed by atoms with E-state index in [2.05, 4.69) is 234 Å². The van der Waals surface area contributed by atoms with Crippen LogP contribution in [0, 0.1) is 0 Å². The number of nitrogens with zero attached hydrogens (tertiary/aromatic N) is 2. The number of hydrogen-bond donors (Lipinski definition) is 1. The van der Waals surface area contributed by atoms with E-state index in [1.807, 2.05) is 0 Å². The molecule has 1 N–H and O–H groups in total. The van der Waals surface area contributed by atoms with Crippen molar-refractivity contribution in [2.24, 2.45) is 0 Å². The Morgan fingerprint density at radius 3 is 1.67 bits per heavy atom. The topological polar surface area (TPSA) is 18.5 Å². The van der Waals surface area contributed by atoms with Gasteiger partial charge in [-0.3, -0.25) is 5.32 Å². The Hall–Kier alpha value is -7.46. The monoisotopic (exact) mass is 779 g/mol. The van der Waals surface area contributed by atoms with Gasteiger partial charge in [0.2, 0.25) is 0 Å². The normalized spacial score (nSPS) is 19.2. The van der Waals surface area contributed by atoms with Gasteiger partial charge in [-0.1, -0.05) is 176 Å². The number of benzene rings is 10. The van der Waals surface area contributed by atoms with Crippen LogP contribution in [0.15, 0.2) is 218 Å². The van der Waals surface area contributed by atoms with Crippen molar-refractivity contribution >= 4 is 70.9 Å². The molecule has 1 aliphatic carbocycles. The summed E-state index contributed by atoms with van der Waals surface area (Å²) in [4.78, 5) is 5.14. The van der Waals surface area contributed by atoms with E-state index in [-0.39, 0.29) is 24.3 Å². The highest BCUT2D eigenvalue weighted by Gasteiger charge is 2.42. The predicted octanol–water partition coefficient (Wildman–Crippen LogP) is 14.7. The van der Waals surface area contributed by atoms with Crippen molar-refractivity contribution in [1.29, 1.82) is 0 Å². The third kappa shape index (κ3) is 5.27. The first-order valence-corrected chi connectivity index (χ1v) is 21.5. The maximum Gasteiger partial charge on any atom is 0.109 e. The highest BCUT2D eigenvalue weighted by atomic mass is 15.5. The van der Waals surface area contributed by atoms with Gasteiger partial charge in [-0.05, 0) is 119 Å². The fraction of sp³-hybridized carbons (Fsp3) is 0.0690. The van der Waals surface area contributed by atoms with Crippen molar-refractivity contribution in [2.45, 2.75) is 24.3 Å². The van der Waals surface area contributed by atoms with Crippen molar-refractivity contribution in [1.82, 2.24) is 5.32 Å². The molecule has 0 saturated carbocycles. The van der Waals surface area contributed by atoms with Gasteiger partial charge in [-0.25, -0.2) is 0 Å². The summed E-state index contributed by atoms with van der Waals surface area (Å²) in [6, 6.07) is 72.1. The van der Waals surface area contributed by atoms with E-state index in [9.17, 15) is 0 Å². The standard InChI is InChI=1S/C58H41N3/c1-2-18-44(19-3-1)60-53-25-13-12-24-50(53)55-54-48-22-10-8-20-46(48)51(36-52(54)47-21-9-11-23-49(47)56(55)60)39-30-32-45(33-31-39)61-57(42-28-26-37-14-4-6-16-40(37)34-42)59-58(61)43-29-27-38-15-5-7-17-41(38)35-43/h1-36,50,53,57-59H. The summed E-state index contributed by atoms with van der Waals surface area (Å²) in [7, 11) is 0. The van der Waals surface area contributed by atoms with E-state index in [0.717, 1.165) is 0 Å². The molecule has 13 rings (SSSR count). The molecule has 0 bridgehead atoms. The minimum absolute atomic E-state index is 0.0323. The average molecular weight is 780 g/mol. The molecule has 1 saturated heterocycles. The molecule has 4 atom stereocenters. The van der Waals surface area contributed by atoms with Gasteiger partial charge in [-0.15, -0.1) is 0 Å². The van der Waals surface area contributed by atoms with Gasteiger partial charge >= 0.3 is 0 Å². The third-order valence-electron chi connectivity index (χ3n) is 13.6. The van der Waals surface area contributed by atoms with Crippen LogP contribution in [0.1, 0.15) is 34.9 Å². The lowest BCUT2D eigenvalue weighted by Crippen LogP contribution is -2.57. The zero-order chi connectivity index (χ0) is 40.0. The van der Waals surface area contributed by atoms with Crippen molar-refractivity contribution in [3.8, 4) is 11.1 Å². The average Bonchev–Trinajstić information content (AvgIpc) is 3.67. The van der Waals surface area contributed by atoms with Crippen molar-refractivity contribution in [3.63, 3.8) is 0 Å². The van der Waals surface area contributed by atoms with Crippen LogP contribution in [-0.4, -0.2) is 6.04 Å². The van der Waals surface area contributed by atoms with Gasteiger partial charge in [0.05, 0.1) is 11.7 Å². The van der Waals surface area contributed by atoms with Gasteiger partial charge in [0.25, 0.3) is 0 Å². The number of para-hydroxylation sites is 1. The molecule has 0 radical (unpaired) electrons. The molecular weight excluding hydrogens is 739 g/mol. The molecule has 4 unspecified atom stereocenters. The molecule has 3 nitrogen and oxygen atoms in total. The Bertz CT molecular complexity index is 3350. The minimum atomic E-state index is 0.0323. The lowest BCUT2D eigenvalue weighted by atomic mass is 9.83. The van der Waals surface area contributed by atoms with Crippen LogP contribution in [0.4, 0.5) is 17.1 Å². The zero-order valence-corrected chi connectivity index (χ0v) is 33.5. The first kappa shape index (κ1) is 34.4. The third-order valence-corrected chi connectivity index (χ3v) is 13.6. The van der Waals surface area contributed by atoms with Crippen LogP contribution in [0.25, 0.3) is 65.0 Å². The molecule has 2 heterocycles. The summed E-state index contributed by atoms with van der Waals surface area (Å²) in [6.07, 6.45) is 9.33. The molecule has 10 aromatic carbocycles. The van der Waals surface area contributed by atoms with Gasteiger partial charge < -0.3 is 9.80 Å². The number of rotatable bonds is 5. The fourth-order valence-corrected chi connectivity index (χ4v) is 10.8. The molecule has 0 amide bonds. The maximum atomic E-state index is 3.97. The number of nitrogens with one attached hydrogen (secondary N) is 1. The molecule has 61 heavy (non-hydrogen) atoms. The number of allylic oxidation sites excluding steroid dienone is 2. The highest BCUT2D eigenvalue weighted by Crippen LogP contribution is 2.56. The van der Waals surface area contributed by atoms with Crippen LogP contribution in [0.2, 0.25) is 0 Å². The summed E-state index contributed by atoms with van der Waals surface area (Å²) in [5.74, 6) is 0.233. The summed E-state index contributed by atoms with van der Waals surface area (Å²) in [5, 5.41) is 16.8. The van der Waals surface area contributed by atoms with Gasteiger partial charge in [0.15, 0.2) is 0 Å². The van der Waals surface area contributed by atoms with Crippen molar-refractivity contribution in [2.75, 3.05) is 9.80 Å². The second-order valence-electron chi connectivity index (χ2n) is 16.8. The lowest BCUT2D eigenvalue weighted by molar-refractivity contribution is 0.276. The molecule has 0 spiro atoms. The summed E-state index contributed by atoms with van der Waals surface area (Å²) < 4.78 is 0. The Kier molecular flexibility index (Phi) is 7.64. The number of hydrogen-bond acceptors (Lipinski definition) is 3. The highest BCUT2D eigenvalue weighted by molar-refractivity contribution is 6.26. The Balaban J connectivity index is 0.970. The molecule has 3 aliphatic rings. The summed E-state index contributed by atoms with van der Waals surface area (Å²) in [6.45, 7) is 0. The van der Waals surface area contributed by atoms with Gasteiger partial charge in [-0.2, -0.15) is 0 Å². The van der Waals surface area contributed by atoms with Crippen molar-refractivity contribution in [3.05, 3.63) is 235 Å². The Labute approximate surface area is 355 Å². The fourth-order valence-electron chi connectivity index (χ4n) is 10.8. The smallest absolute Gasteiger partial charge is 0.109 e. The largest absolute Gasteiger partial charge is 0.333 e. The van der Waals surface area contributed by atoms with E-state index in [1.54, 1.807) is 0 Å². The van der Waals surface area contributed by atoms with E-state index < -0.39 is 0 Å². The van der Waals surface area contributed by atoms with E-state index >= 15 is 0 Å². The molecule has 2 aliphatic heterocycles. The minimum Gasteiger partial charge on any atom is -0.333 e. The van der Waals surface area contributed by atoms with E-state index in [1.165, 1.54) is 98.7 Å². The first-order chi connectivity index (χ1) is 30.3. The SMILES string of the molecule is C1=CC2c3c(c4ccccc4c4cc(-c5ccc(N6C(c7ccc8ccccc8c7)NC6c6ccc7ccccc7c6)cc5)c5ccccc5c34)N(c3ccccc3)C2C=C1. The molecule has 1 fully saturated rings. The van der Waals surface area contributed by atoms with Gasteiger partial charge in [0, 0.05) is 22.7 Å². The molecule has 3 heteroatoms. The molecule has 10 aromatic rings. The zero-order valence-electron chi connectivity index (χ0n) is 33.5. The van der Waals surface area contributed by atoms with E-state index in [4.69, 9.17) is 0 Å². The van der Waals surface area contributed by atoms with Crippen LogP contribution in [0.5, 0.6) is 0 Å². The Morgan fingerprint density at radius 2 is 0.984 bits per heavy atom. The number of anilines is 3. The van der Waals surface area contributed by atoms with Crippen molar-refractivity contribution < 1.29 is 0 Å². The summed E-state index contributed by atoms with van der Waals surface area (Å²) in [5.41, 5.74) is 10.2. The summed E-state index contributed by atoms with van der Waals surface area (Å²) >= 11 is 0. The van der Waals surface area contributed by atoms with Crippen LogP contribution < -0.4 is 15.1 Å². The van der Waals surface area contributed by atoms with E-state index in [0.29, 0.717) is 0 Å². The van der Waals surface area contributed by atoms with Crippen LogP contribution in [0.3, 0.4) is 0 Å². The quantitative estimate of drug-likeness (QED) is 0.176. The first-order valence-electron chi connectivity index (χ1n) is 21.5. The number of fused-ring (bicyclic) bond motifs is 12. The molecule has 288 valence electrons. The lowest BCUT2D eigenvalue weighted by Gasteiger charge is -2.52. The second kappa shape index (κ2) is 13.5. The molecular formula is C58H41N3. The van der Waals surface area contributed by atoms with Gasteiger partial charge in [0.1, 0.15) is 12.3 Å². The Morgan fingerprint density at radius 1 is 0.410 bits per heavy atom. The molecule has 0 aromatic heterocycles. The second-order valence-corrected chi connectivity index (χ2v) is 16.8. The van der Waals surface area contributed by atoms with Crippen LogP contribution >= 0.6 is 0 Å². The maximum absolute atomic E-state index is 3.97. The predicted molar refractivity (Wildman–Crippen MR) is 257 cm³/mol.